The van der Waals surface area contributed by atoms with Crippen molar-refractivity contribution in [3.8, 4) is 0 Å². The molecule has 0 aliphatic heterocycles. The van der Waals surface area contributed by atoms with Gasteiger partial charge >= 0.3 is 7.82 Å². The van der Waals surface area contributed by atoms with Gasteiger partial charge in [-0.05, 0) is 32.1 Å². The molecular weight excluding hydrogens is 852 g/mol. The van der Waals surface area contributed by atoms with Gasteiger partial charge in [0.15, 0.2) is 0 Å². The summed E-state index contributed by atoms with van der Waals surface area (Å²) >= 11 is 0. The zero-order valence-electron chi connectivity index (χ0n) is 45.4. The number of carbonyl (C=O) groups excluding carboxylic acids is 1. The minimum absolute atomic E-state index is 0.0587. The number of likely N-dealkylation sites (N-methyl/N-ethyl adjacent to an activating group) is 1. The van der Waals surface area contributed by atoms with Crippen LogP contribution in [0.15, 0.2) is 24.3 Å². The first kappa shape index (κ1) is 66.0. The predicted octanol–water partition coefficient (Wildman–Crippen LogP) is 17.6. The Morgan fingerprint density at radius 2 is 0.821 bits per heavy atom. The Kier molecular flexibility index (Phi) is 49.2. The van der Waals surface area contributed by atoms with Crippen LogP contribution in [0.3, 0.4) is 0 Å². The van der Waals surface area contributed by atoms with E-state index in [1.807, 2.05) is 27.2 Å². The number of phosphoric ester groups is 1. The third kappa shape index (κ3) is 52.6. The van der Waals surface area contributed by atoms with Crippen molar-refractivity contribution >= 4 is 13.7 Å². The lowest BCUT2D eigenvalue weighted by molar-refractivity contribution is -0.870. The summed E-state index contributed by atoms with van der Waals surface area (Å²) in [6, 6.07) is -0.860. The summed E-state index contributed by atoms with van der Waals surface area (Å²) < 4.78 is 23.7. The number of aliphatic hydroxyl groups excluding tert-OH is 1. The molecule has 1 amide bonds. The first-order chi connectivity index (χ1) is 32.5. The molecule has 8 nitrogen and oxygen atoms in total. The number of nitrogens with one attached hydrogen (secondary N) is 1. The molecule has 0 aromatic carbocycles. The fraction of sp³-hybridized carbons (Fsp3) is 0.914. The van der Waals surface area contributed by atoms with Gasteiger partial charge in [-0.3, -0.25) is 13.8 Å². The Morgan fingerprint density at radius 3 is 1.19 bits per heavy atom. The molecule has 0 radical (unpaired) electrons. The number of hydrogen-bond acceptors (Lipinski definition) is 5. The quantitative estimate of drug-likeness (QED) is 0.0243. The molecule has 0 aromatic rings. The zero-order valence-corrected chi connectivity index (χ0v) is 46.3. The van der Waals surface area contributed by atoms with Crippen molar-refractivity contribution in [3.05, 3.63) is 24.3 Å². The maximum absolute atomic E-state index is 12.9. The molecule has 0 spiro atoms. The molecule has 3 N–H and O–H groups in total. The van der Waals surface area contributed by atoms with Gasteiger partial charge in [0, 0.05) is 6.42 Å². The molecule has 0 aromatic heterocycles. The van der Waals surface area contributed by atoms with Crippen LogP contribution in [0.25, 0.3) is 0 Å². The molecule has 0 bridgehead atoms. The highest BCUT2D eigenvalue weighted by atomic mass is 31.2. The monoisotopic (exact) mass is 968 g/mol. The Hall–Kier alpha value is -1.02. The molecule has 0 fully saturated rings. The molecule has 0 saturated carbocycles. The molecule has 0 saturated heterocycles. The second kappa shape index (κ2) is 49.9. The summed E-state index contributed by atoms with van der Waals surface area (Å²) in [6.07, 6.45) is 62.9. The maximum Gasteiger partial charge on any atom is 0.472 e. The molecular formula is C58H116N2O6P+. The molecule has 9 heteroatoms. The molecule has 3 atom stereocenters. The number of unbranched alkanes of at least 4 members (excludes halogenated alkanes) is 39. The Balaban J connectivity index is 4.16. The van der Waals surface area contributed by atoms with E-state index in [-0.39, 0.29) is 19.1 Å². The van der Waals surface area contributed by atoms with Crippen LogP contribution in [0, 0.1) is 0 Å². The van der Waals surface area contributed by atoms with E-state index in [0.29, 0.717) is 17.4 Å². The number of nitrogens with zero attached hydrogens (tertiary/aromatic N) is 1. The van der Waals surface area contributed by atoms with Crippen molar-refractivity contribution in [3.63, 3.8) is 0 Å². The number of quaternary nitrogens is 1. The molecule has 0 aliphatic carbocycles. The second-order valence-corrected chi connectivity index (χ2v) is 22.8. The summed E-state index contributed by atoms with van der Waals surface area (Å²) in [6.45, 7) is 4.84. The fourth-order valence-corrected chi connectivity index (χ4v) is 9.56. The number of carbonyl (C=O) groups is 1. The smallest absolute Gasteiger partial charge is 0.387 e. The van der Waals surface area contributed by atoms with E-state index < -0.39 is 20.0 Å². The van der Waals surface area contributed by atoms with E-state index in [0.717, 1.165) is 38.5 Å². The average molecular weight is 969 g/mol. The Bertz CT molecular complexity index is 1140. The number of phosphoric acid groups is 1. The van der Waals surface area contributed by atoms with Gasteiger partial charge in [0.25, 0.3) is 0 Å². The van der Waals surface area contributed by atoms with Crippen LogP contribution in [0.1, 0.15) is 290 Å². The highest BCUT2D eigenvalue weighted by molar-refractivity contribution is 7.47. The van der Waals surface area contributed by atoms with Crippen molar-refractivity contribution in [1.29, 1.82) is 0 Å². The first-order valence-corrected chi connectivity index (χ1v) is 30.7. The van der Waals surface area contributed by atoms with Crippen LogP contribution in [0.5, 0.6) is 0 Å². The van der Waals surface area contributed by atoms with E-state index >= 15 is 0 Å². The highest BCUT2D eigenvalue weighted by Crippen LogP contribution is 2.43. The van der Waals surface area contributed by atoms with Crippen molar-refractivity contribution < 1.29 is 32.9 Å². The topological polar surface area (TPSA) is 105 Å². The third-order valence-electron chi connectivity index (χ3n) is 13.4. The Labute approximate surface area is 417 Å². The third-order valence-corrected chi connectivity index (χ3v) is 14.4. The van der Waals surface area contributed by atoms with Crippen molar-refractivity contribution in [2.45, 2.75) is 302 Å². The van der Waals surface area contributed by atoms with Crippen molar-refractivity contribution in [2.24, 2.45) is 0 Å². The lowest BCUT2D eigenvalue weighted by Gasteiger charge is -2.25. The van der Waals surface area contributed by atoms with E-state index in [1.54, 1.807) is 6.08 Å². The summed E-state index contributed by atoms with van der Waals surface area (Å²) in [4.78, 5) is 23.3. The number of rotatable bonds is 54. The maximum atomic E-state index is 12.9. The van der Waals surface area contributed by atoms with Gasteiger partial charge in [0.1, 0.15) is 13.2 Å². The van der Waals surface area contributed by atoms with Gasteiger partial charge in [0.05, 0.1) is 39.9 Å². The molecule has 0 rings (SSSR count). The predicted molar refractivity (Wildman–Crippen MR) is 291 cm³/mol. The van der Waals surface area contributed by atoms with E-state index in [4.69, 9.17) is 9.05 Å². The summed E-state index contributed by atoms with van der Waals surface area (Å²) in [5.74, 6) is -0.182. The van der Waals surface area contributed by atoms with Crippen LogP contribution < -0.4 is 5.32 Å². The van der Waals surface area contributed by atoms with E-state index in [9.17, 15) is 19.4 Å². The van der Waals surface area contributed by atoms with Crippen molar-refractivity contribution in [1.82, 2.24) is 5.32 Å². The van der Waals surface area contributed by atoms with Crippen LogP contribution in [0.4, 0.5) is 0 Å². The van der Waals surface area contributed by atoms with Gasteiger partial charge in [-0.1, -0.05) is 276 Å². The largest absolute Gasteiger partial charge is 0.472 e. The lowest BCUT2D eigenvalue weighted by atomic mass is 10.0. The summed E-state index contributed by atoms with van der Waals surface area (Å²) in [7, 11) is 1.57. The fourth-order valence-electron chi connectivity index (χ4n) is 8.83. The Morgan fingerprint density at radius 1 is 0.493 bits per heavy atom. The van der Waals surface area contributed by atoms with Gasteiger partial charge in [0.2, 0.25) is 5.91 Å². The molecule has 67 heavy (non-hydrogen) atoms. The SMILES string of the molecule is CCCCCCCCCCCCCCCCCCCCCCCCC/C=C/CC/C=C/C(O)C(COP(=O)(O)OCC[N+](C)(C)C)NC(=O)CCCCCCCCCCCCCCCCCC. The van der Waals surface area contributed by atoms with E-state index in [1.165, 1.54) is 231 Å². The van der Waals surface area contributed by atoms with E-state index in [2.05, 4.69) is 31.3 Å². The molecule has 0 heterocycles. The average Bonchev–Trinajstić information content (AvgIpc) is 3.29. The van der Waals surface area contributed by atoms with Gasteiger partial charge in [-0.2, -0.15) is 0 Å². The number of aliphatic hydroxyl groups is 1. The van der Waals surface area contributed by atoms with Crippen LogP contribution in [-0.2, 0) is 18.4 Å². The molecule has 398 valence electrons. The normalized spacial score (nSPS) is 14.1. The van der Waals surface area contributed by atoms with Gasteiger partial charge in [-0.25, -0.2) is 4.57 Å². The number of allylic oxidation sites excluding steroid dienone is 3. The minimum atomic E-state index is -4.35. The summed E-state index contributed by atoms with van der Waals surface area (Å²) in [5.41, 5.74) is 0. The second-order valence-electron chi connectivity index (χ2n) is 21.4. The van der Waals surface area contributed by atoms with Crippen molar-refractivity contribution in [2.75, 3.05) is 40.9 Å². The van der Waals surface area contributed by atoms with Gasteiger partial charge < -0.3 is 19.8 Å². The number of hydrogen-bond donors (Lipinski definition) is 3. The zero-order chi connectivity index (χ0) is 49.2. The minimum Gasteiger partial charge on any atom is -0.387 e. The standard InChI is InChI=1S/C58H115N2O6P/c1-6-8-10-12-14-16-18-20-22-24-25-26-27-28-29-30-31-32-33-34-35-36-37-39-41-43-45-47-49-51-57(61)56(55-66-67(63,64)65-54-53-60(3,4)5)59-58(62)52-50-48-46-44-42-40-38-23-21-19-17-15-13-11-9-7-2/h41,43,49,51,56-57,61H,6-40,42,44-48,50,52-55H2,1-5H3,(H-,59,62,63,64)/p+1/b43-41+,51-49+. The van der Waals surface area contributed by atoms with Crippen LogP contribution >= 0.6 is 7.82 Å². The summed E-state index contributed by atoms with van der Waals surface area (Å²) in [5, 5.41) is 13.9. The first-order valence-electron chi connectivity index (χ1n) is 29.2. The highest BCUT2D eigenvalue weighted by Gasteiger charge is 2.27. The van der Waals surface area contributed by atoms with Gasteiger partial charge in [-0.15, -0.1) is 0 Å². The number of amides is 1. The van der Waals surface area contributed by atoms with Crippen LogP contribution in [-0.4, -0.2) is 73.4 Å². The van der Waals surface area contributed by atoms with Crippen LogP contribution in [0.2, 0.25) is 0 Å². The molecule has 3 unspecified atom stereocenters. The lowest BCUT2D eigenvalue weighted by Crippen LogP contribution is -2.45. The molecule has 0 aliphatic rings.